The second-order valence-corrected chi connectivity index (χ2v) is 13.5. The number of hydrogen-bond donors (Lipinski definition) is 3. The molecule has 0 saturated carbocycles. The fourth-order valence-corrected chi connectivity index (χ4v) is 6.15. The van der Waals surface area contributed by atoms with Gasteiger partial charge in [0.15, 0.2) is 0 Å². The number of anilines is 1. The van der Waals surface area contributed by atoms with Crippen LogP contribution in [0.3, 0.4) is 0 Å². The van der Waals surface area contributed by atoms with Gasteiger partial charge in [-0.05, 0) is 106 Å². The summed E-state index contributed by atoms with van der Waals surface area (Å²) in [5, 5.41) is 5.61. The number of ether oxygens (including phenoxy) is 2. The van der Waals surface area contributed by atoms with Crippen LogP contribution in [0.25, 0.3) is 11.1 Å². The molecule has 0 spiro atoms. The molecule has 44 heavy (non-hydrogen) atoms. The zero-order valence-electron chi connectivity index (χ0n) is 26.0. The average molecular weight is 644 g/mol. The lowest BCUT2D eigenvalue weighted by Crippen LogP contribution is -2.49. The van der Waals surface area contributed by atoms with Crippen molar-refractivity contribution in [1.29, 1.82) is 0 Å². The van der Waals surface area contributed by atoms with Gasteiger partial charge in [-0.25, -0.2) is 18.0 Å². The SMILES string of the molecule is COC(=O)[C@@H](CNC(=O)OC(C)(C)C)NC(=O)c1c(C)cc(-c2cccc(NS(=O)(=O)c3cc(C)c(Cl)cc3C)c2)cc1C. The van der Waals surface area contributed by atoms with E-state index in [1.165, 1.54) is 7.11 Å². The third kappa shape index (κ3) is 8.73. The first-order chi connectivity index (χ1) is 20.4. The number of carbonyl (C=O) groups is 3. The van der Waals surface area contributed by atoms with E-state index in [2.05, 4.69) is 15.4 Å². The summed E-state index contributed by atoms with van der Waals surface area (Å²) in [6.07, 6.45) is -0.736. The molecule has 3 aromatic rings. The van der Waals surface area contributed by atoms with Crippen LogP contribution < -0.4 is 15.4 Å². The monoisotopic (exact) mass is 643 g/mol. The summed E-state index contributed by atoms with van der Waals surface area (Å²) in [7, 11) is -2.70. The highest BCUT2D eigenvalue weighted by molar-refractivity contribution is 7.92. The summed E-state index contributed by atoms with van der Waals surface area (Å²) in [5.41, 5.74) is 3.89. The van der Waals surface area contributed by atoms with E-state index in [0.717, 1.165) is 11.1 Å². The van der Waals surface area contributed by atoms with E-state index in [-0.39, 0.29) is 11.4 Å². The van der Waals surface area contributed by atoms with Gasteiger partial charge in [0.1, 0.15) is 11.6 Å². The summed E-state index contributed by atoms with van der Waals surface area (Å²) >= 11 is 6.15. The number of amides is 2. The van der Waals surface area contributed by atoms with Crippen molar-refractivity contribution in [2.24, 2.45) is 0 Å². The Morgan fingerprint density at radius 1 is 0.886 bits per heavy atom. The zero-order valence-corrected chi connectivity index (χ0v) is 27.6. The molecule has 3 aromatic carbocycles. The normalized spacial score (nSPS) is 12.2. The number of sulfonamides is 1. The summed E-state index contributed by atoms with van der Waals surface area (Å²) in [6.45, 7) is 11.8. The van der Waals surface area contributed by atoms with Crippen LogP contribution in [0.5, 0.6) is 0 Å². The lowest BCUT2D eigenvalue weighted by Gasteiger charge is -2.22. The quantitative estimate of drug-likeness (QED) is 0.249. The van der Waals surface area contributed by atoms with Crippen molar-refractivity contribution >= 4 is 45.3 Å². The summed E-state index contributed by atoms with van der Waals surface area (Å²) < 4.78 is 39.1. The molecular formula is C32H38ClN3O7S. The second kappa shape index (κ2) is 13.7. The summed E-state index contributed by atoms with van der Waals surface area (Å²) in [6, 6.07) is 12.5. The maximum absolute atomic E-state index is 13.3. The van der Waals surface area contributed by atoms with E-state index in [0.29, 0.717) is 38.5 Å². The molecule has 0 bridgehead atoms. The molecule has 0 aliphatic heterocycles. The molecule has 10 nitrogen and oxygen atoms in total. The van der Waals surface area contributed by atoms with Crippen molar-refractivity contribution in [3.8, 4) is 11.1 Å². The number of rotatable bonds is 9. The van der Waals surface area contributed by atoms with Gasteiger partial charge < -0.3 is 20.1 Å². The highest BCUT2D eigenvalue weighted by Crippen LogP contribution is 2.30. The van der Waals surface area contributed by atoms with E-state index in [9.17, 15) is 22.8 Å². The Balaban J connectivity index is 1.83. The van der Waals surface area contributed by atoms with Crippen molar-refractivity contribution < 1.29 is 32.3 Å². The Morgan fingerprint density at radius 2 is 1.52 bits per heavy atom. The molecule has 0 unspecified atom stereocenters. The first kappa shape index (κ1) is 34.4. The second-order valence-electron chi connectivity index (χ2n) is 11.5. The van der Waals surface area contributed by atoms with Gasteiger partial charge in [0.25, 0.3) is 15.9 Å². The molecule has 0 heterocycles. The number of nitrogens with one attached hydrogen (secondary N) is 3. The number of halogens is 1. The Kier molecular flexibility index (Phi) is 10.7. The van der Waals surface area contributed by atoms with Crippen LogP contribution in [0.4, 0.5) is 10.5 Å². The van der Waals surface area contributed by atoms with Crippen molar-refractivity contribution in [2.45, 2.75) is 65.0 Å². The van der Waals surface area contributed by atoms with E-state index >= 15 is 0 Å². The minimum Gasteiger partial charge on any atom is -0.467 e. The van der Waals surface area contributed by atoms with Gasteiger partial charge in [0, 0.05) is 16.3 Å². The van der Waals surface area contributed by atoms with Crippen molar-refractivity contribution in [3.63, 3.8) is 0 Å². The van der Waals surface area contributed by atoms with Crippen LogP contribution in [0.1, 0.15) is 53.4 Å². The molecule has 2 amide bonds. The molecule has 1 atom stereocenters. The van der Waals surface area contributed by atoms with E-state index < -0.39 is 39.6 Å². The van der Waals surface area contributed by atoms with Gasteiger partial charge in [-0.2, -0.15) is 0 Å². The average Bonchev–Trinajstić information content (AvgIpc) is 2.91. The van der Waals surface area contributed by atoms with Crippen LogP contribution in [0.2, 0.25) is 5.02 Å². The first-order valence-electron chi connectivity index (χ1n) is 13.8. The molecule has 3 rings (SSSR count). The molecular weight excluding hydrogens is 606 g/mol. The highest BCUT2D eigenvalue weighted by Gasteiger charge is 2.26. The van der Waals surface area contributed by atoms with Crippen LogP contribution >= 0.6 is 11.6 Å². The Labute approximate surface area is 263 Å². The first-order valence-corrected chi connectivity index (χ1v) is 15.6. The van der Waals surface area contributed by atoms with Crippen molar-refractivity contribution in [1.82, 2.24) is 10.6 Å². The Morgan fingerprint density at radius 3 is 2.11 bits per heavy atom. The Hall–Kier alpha value is -4.09. The van der Waals surface area contributed by atoms with Gasteiger partial charge in [-0.1, -0.05) is 35.9 Å². The van der Waals surface area contributed by atoms with Gasteiger partial charge in [0.2, 0.25) is 0 Å². The molecule has 3 N–H and O–H groups in total. The summed E-state index contributed by atoms with van der Waals surface area (Å²) in [5.74, 6) is -1.26. The summed E-state index contributed by atoms with van der Waals surface area (Å²) in [4.78, 5) is 37.9. The van der Waals surface area contributed by atoms with Crippen molar-refractivity contribution in [3.05, 3.63) is 81.4 Å². The highest BCUT2D eigenvalue weighted by atomic mass is 35.5. The number of alkyl carbamates (subject to hydrolysis) is 1. The lowest BCUT2D eigenvalue weighted by molar-refractivity contribution is -0.142. The topological polar surface area (TPSA) is 140 Å². The van der Waals surface area contributed by atoms with E-state index in [1.54, 1.807) is 90.9 Å². The molecule has 0 saturated heterocycles. The molecule has 0 fully saturated rings. The standard InChI is InChI=1S/C32H38ClN3O7S/c1-18-15-27(19(2)14-25(18)33)44(40,41)36-24-11-9-10-22(16-24)23-12-20(3)28(21(4)13-23)29(37)35-26(30(38)42-8)17-34-31(39)43-32(5,6)7/h9-16,26,36H,17H2,1-8H3,(H,34,39)(H,35,37)/t26-/m1/s1. The number of methoxy groups -OCH3 is 1. The maximum Gasteiger partial charge on any atom is 0.407 e. The number of aryl methyl sites for hydroxylation is 4. The van der Waals surface area contributed by atoms with Crippen LogP contribution in [0, 0.1) is 27.7 Å². The van der Waals surface area contributed by atoms with Gasteiger partial charge in [0.05, 0.1) is 18.6 Å². The molecule has 236 valence electrons. The molecule has 12 heteroatoms. The minimum atomic E-state index is -3.89. The third-order valence-corrected chi connectivity index (χ3v) is 8.52. The van der Waals surface area contributed by atoms with Crippen LogP contribution in [-0.2, 0) is 24.3 Å². The Bertz CT molecular complexity index is 1680. The largest absolute Gasteiger partial charge is 0.467 e. The maximum atomic E-state index is 13.3. The van der Waals surface area contributed by atoms with Crippen molar-refractivity contribution in [2.75, 3.05) is 18.4 Å². The number of carbonyl (C=O) groups excluding carboxylic acids is 3. The van der Waals surface area contributed by atoms with E-state index in [4.69, 9.17) is 21.1 Å². The number of benzene rings is 3. The van der Waals surface area contributed by atoms with Gasteiger partial charge >= 0.3 is 12.1 Å². The smallest absolute Gasteiger partial charge is 0.407 e. The minimum absolute atomic E-state index is 0.137. The van der Waals surface area contributed by atoms with Crippen LogP contribution in [0.15, 0.2) is 53.4 Å². The lowest BCUT2D eigenvalue weighted by atomic mass is 9.94. The molecule has 0 aromatic heterocycles. The fourth-order valence-electron chi connectivity index (χ4n) is 4.57. The van der Waals surface area contributed by atoms with Gasteiger partial charge in [-0.15, -0.1) is 0 Å². The fraction of sp³-hybridized carbons (Fsp3) is 0.344. The zero-order chi connectivity index (χ0) is 33.0. The van der Waals surface area contributed by atoms with Crippen LogP contribution in [-0.4, -0.2) is 51.7 Å². The van der Waals surface area contributed by atoms with E-state index in [1.807, 2.05) is 6.07 Å². The molecule has 0 radical (unpaired) electrons. The van der Waals surface area contributed by atoms with Gasteiger partial charge in [-0.3, -0.25) is 9.52 Å². The molecule has 0 aliphatic carbocycles. The third-order valence-electron chi connectivity index (χ3n) is 6.59. The number of esters is 1. The predicted octanol–water partition coefficient (Wildman–Crippen LogP) is 5.84. The number of hydrogen-bond acceptors (Lipinski definition) is 7. The molecule has 0 aliphatic rings. The predicted molar refractivity (Wildman–Crippen MR) is 171 cm³/mol.